The molecule has 1 amide bonds. The summed E-state index contributed by atoms with van der Waals surface area (Å²) in [7, 11) is 0. The zero-order valence-corrected chi connectivity index (χ0v) is 11.5. The summed E-state index contributed by atoms with van der Waals surface area (Å²) in [5.41, 5.74) is 4.31. The molecule has 0 saturated heterocycles. The summed E-state index contributed by atoms with van der Waals surface area (Å²) in [4.78, 5) is 15.6. The van der Waals surface area contributed by atoms with Gasteiger partial charge in [-0.15, -0.1) is 0 Å². The minimum absolute atomic E-state index is 0.173. The molecule has 0 atom stereocenters. The fourth-order valence-electron chi connectivity index (χ4n) is 1.59. The Bertz CT molecular complexity index is 577. The van der Waals surface area contributed by atoms with Crippen molar-refractivity contribution in [2.75, 3.05) is 0 Å². The molecule has 2 heterocycles. The molecule has 2 aromatic rings. The maximum atomic E-state index is 11.2. The minimum Gasteiger partial charge on any atom is -0.360 e. The molecule has 0 aliphatic rings. The summed E-state index contributed by atoms with van der Waals surface area (Å²) in [5, 5.41) is 4.55. The van der Waals surface area contributed by atoms with E-state index in [4.69, 9.17) is 10.4 Å². The highest BCUT2D eigenvalue weighted by molar-refractivity contribution is 7.98. The number of nitrogens with two attached hydrogens (primary N) is 1. The van der Waals surface area contributed by atoms with E-state index in [1.165, 1.54) is 11.8 Å². The number of thioether (sulfide) groups is 1. The molecule has 2 rings (SSSR count). The summed E-state index contributed by atoms with van der Waals surface area (Å²) < 4.78 is 5.05. The summed E-state index contributed by atoms with van der Waals surface area (Å²) in [6.45, 7) is 3.98. The molecule has 6 nitrogen and oxygen atoms in total. The molecule has 0 unspecified atom stereocenters. The monoisotopic (exact) mass is 278 g/mol. The van der Waals surface area contributed by atoms with Crippen molar-refractivity contribution in [2.24, 2.45) is 5.84 Å². The maximum absolute atomic E-state index is 11.2. The Morgan fingerprint density at radius 2 is 2.21 bits per heavy atom. The molecule has 100 valence electrons. The summed E-state index contributed by atoms with van der Waals surface area (Å²) in [6.07, 6.45) is 0. The summed E-state index contributed by atoms with van der Waals surface area (Å²) >= 11 is 1.53. The number of nitrogen functional groups attached to an aromatic ring is 1. The third kappa shape index (κ3) is 3.55. The first-order valence-electron chi connectivity index (χ1n) is 5.63. The first-order chi connectivity index (χ1) is 9.08. The normalized spacial score (nSPS) is 10.5. The smallest absolute Gasteiger partial charge is 0.287 e. The van der Waals surface area contributed by atoms with Crippen molar-refractivity contribution in [3.05, 3.63) is 40.9 Å². The Morgan fingerprint density at radius 3 is 2.89 bits per heavy atom. The Hall–Kier alpha value is -1.86. The molecule has 2 aromatic heterocycles. The van der Waals surface area contributed by atoms with Crippen molar-refractivity contribution in [1.29, 1.82) is 0 Å². The van der Waals surface area contributed by atoms with Gasteiger partial charge in [0.2, 0.25) is 0 Å². The number of aryl methyl sites for hydroxylation is 2. The topological polar surface area (TPSA) is 94.0 Å². The largest absolute Gasteiger partial charge is 0.360 e. The van der Waals surface area contributed by atoms with Crippen molar-refractivity contribution in [3.8, 4) is 0 Å². The number of amides is 1. The SMILES string of the molecule is Cc1cc(C)nc(SCc2cc(C(=O)NN)no2)c1. The number of hydrazine groups is 1. The van der Waals surface area contributed by atoms with Crippen molar-refractivity contribution >= 4 is 17.7 Å². The second-order valence-corrected chi connectivity index (χ2v) is 5.06. The van der Waals surface area contributed by atoms with Crippen LogP contribution in [0.3, 0.4) is 0 Å². The number of hydrogen-bond acceptors (Lipinski definition) is 6. The number of aromatic nitrogens is 2. The average molecular weight is 278 g/mol. The number of carbonyl (C=O) groups excluding carboxylic acids is 1. The maximum Gasteiger partial charge on any atom is 0.287 e. The number of nitrogens with one attached hydrogen (secondary N) is 1. The van der Waals surface area contributed by atoms with E-state index in [0.29, 0.717) is 11.5 Å². The Balaban J connectivity index is 2.02. The number of hydrogen-bond donors (Lipinski definition) is 2. The van der Waals surface area contributed by atoms with Crippen LogP contribution in [0.5, 0.6) is 0 Å². The van der Waals surface area contributed by atoms with Crippen LogP contribution in [0, 0.1) is 13.8 Å². The molecule has 0 aromatic carbocycles. The van der Waals surface area contributed by atoms with Crippen LogP contribution in [-0.2, 0) is 5.75 Å². The van der Waals surface area contributed by atoms with E-state index >= 15 is 0 Å². The fourth-order valence-corrected chi connectivity index (χ4v) is 2.49. The lowest BCUT2D eigenvalue weighted by atomic mass is 10.3. The molecular formula is C12H14N4O2S. The molecule has 0 spiro atoms. The van der Waals surface area contributed by atoms with Gasteiger partial charge >= 0.3 is 0 Å². The van der Waals surface area contributed by atoms with Crippen LogP contribution in [0.1, 0.15) is 27.5 Å². The zero-order chi connectivity index (χ0) is 13.8. The van der Waals surface area contributed by atoms with E-state index < -0.39 is 5.91 Å². The van der Waals surface area contributed by atoms with Gasteiger partial charge in [0.15, 0.2) is 5.69 Å². The third-order valence-corrected chi connectivity index (χ3v) is 3.29. The van der Waals surface area contributed by atoms with Crippen LogP contribution < -0.4 is 11.3 Å². The van der Waals surface area contributed by atoms with Gasteiger partial charge in [0.05, 0.1) is 10.8 Å². The van der Waals surface area contributed by atoms with Gasteiger partial charge in [-0.2, -0.15) is 0 Å². The predicted octanol–water partition coefficient (Wildman–Crippen LogP) is 1.58. The van der Waals surface area contributed by atoms with Crippen molar-refractivity contribution in [2.45, 2.75) is 24.6 Å². The van der Waals surface area contributed by atoms with Gasteiger partial charge in [0.1, 0.15) is 5.76 Å². The molecule has 0 bridgehead atoms. The fraction of sp³-hybridized carbons (Fsp3) is 0.250. The van der Waals surface area contributed by atoms with E-state index in [1.54, 1.807) is 6.07 Å². The van der Waals surface area contributed by atoms with Crippen LogP contribution in [0.15, 0.2) is 27.7 Å². The van der Waals surface area contributed by atoms with Crippen LogP contribution in [0.4, 0.5) is 0 Å². The molecule has 0 aliphatic carbocycles. The van der Waals surface area contributed by atoms with Crippen LogP contribution >= 0.6 is 11.8 Å². The highest BCUT2D eigenvalue weighted by Crippen LogP contribution is 2.22. The molecular weight excluding hydrogens is 264 g/mol. The van der Waals surface area contributed by atoms with E-state index in [0.717, 1.165) is 16.3 Å². The second kappa shape index (κ2) is 5.85. The van der Waals surface area contributed by atoms with Crippen LogP contribution in [0.2, 0.25) is 0 Å². The number of nitrogens with zero attached hydrogens (tertiary/aromatic N) is 2. The van der Waals surface area contributed by atoms with Gasteiger partial charge in [-0.1, -0.05) is 16.9 Å². The van der Waals surface area contributed by atoms with E-state index in [-0.39, 0.29) is 5.69 Å². The number of rotatable bonds is 4. The molecule has 0 fully saturated rings. The van der Waals surface area contributed by atoms with Gasteiger partial charge in [-0.05, 0) is 31.5 Å². The van der Waals surface area contributed by atoms with Crippen molar-refractivity contribution in [3.63, 3.8) is 0 Å². The van der Waals surface area contributed by atoms with E-state index in [2.05, 4.69) is 10.1 Å². The highest BCUT2D eigenvalue weighted by atomic mass is 32.2. The molecule has 7 heteroatoms. The molecule has 3 N–H and O–H groups in total. The van der Waals surface area contributed by atoms with Gasteiger partial charge in [-0.3, -0.25) is 10.2 Å². The standard InChI is InChI=1S/C12H14N4O2S/c1-7-3-8(2)14-11(4-7)19-6-9-5-10(16-18-9)12(17)15-13/h3-5H,6,13H2,1-2H3,(H,15,17). The van der Waals surface area contributed by atoms with E-state index in [1.807, 2.05) is 31.4 Å². The van der Waals surface area contributed by atoms with Crippen LogP contribution in [0.25, 0.3) is 0 Å². The number of carbonyl (C=O) groups is 1. The molecule has 19 heavy (non-hydrogen) atoms. The molecule has 0 aliphatic heterocycles. The second-order valence-electron chi connectivity index (χ2n) is 4.06. The number of pyridine rings is 1. The molecule has 0 radical (unpaired) electrons. The lowest BCUT2D eigenvalue weighted by Gasteiger charge is -2.01. The lowest BCUT2D eigenvalue weighted by molar-refractivity contribution is 0.0944. The summed E-state index contributed by atoms with van der Waals surface area (Å²) in [5.74, 6) is 5.70. The average Bonchev–Trinajstić information content (AvgIpc) is 2.83. The van der Waals surface area contributed by atoms with Gasteiger partial charge in [0, 0.05) is 11.8 Å². The van der Waals surface area contributed by atoms with Crippen molar-refractivity contribution in [1.82, 2.24) is 15.6 Å². The predicted molar refractivity (Wildman–Crippen MR) is 71.4 cm³/mol. The third-order valence-electron chi connectivity index (χ3n) is 2.36. The Kier molecular flexibility index (Phi) is 4.18. The summed E-state index contributed by atoms with van der Waals surface area (Å²) in [6, 6.07) is 5.58. The van der Waals surface area contributed by atoms with Crippen LogP contribution in [-0.4, -0.2) is 16.0 Å². The molecule has 0 saturated carbocycles. The highest BCUT2D eigenvalue weighted by Gasteiger charge is 2.11. The lowest BCUT2D eigenvalue weighted by Crippen LogP contribution is -2.30. The Morgan fingerprint density at radius 1 is 1.42 bits per heavy atom. The zero-order valence-electron chi connectivity index (χ0n) is 10.6. The first kappa shape index (κ1) is 13.6. The quantitative estimate of drug-likeness (QED) is 0.382. The van der Waals surface area contributed by atoms with E-state index in [9.17, 15) is 4.79 Å². The van der Waals surface area contributed by atoms with Crippen molar-refractivity contribution < 1.29 is 9.32 Å². The van der Waals surface area contributed by atoms with Gasteiger partial charge < -0.3 is 4.52 Å². The van der Waals surface area contributed by atoms with Gasteiger partial charge in [0.25, 0.3) is 5.91 Å². The Labute approximate surface area is 114 Å². The minimum atomic E-state index is -0.468. The van der Waals surface area contributed by atoms with Gasteiger partial charge in [-0.25, -0.2) is 10.8 Å². The first-order valence-corrected chi connectivity index (χ1v) is 6.61.